The molecule has 2 aliphatic heterocycles. The summed E-state index contributed by atoms with van der Waals surface area (Å²) in [6.45, 7) is 0.313. The van der Waals surface area contributed by atoms with E-state index >= 15 is 0 Å². The minimum absolute atomic E-state index is 0.0111. The minimum Gasteiger partial charge on any atom is -0.353 e. The molecule has 2 N–H and O–H groups in total. The van der Waals surface area contributed by atoms with E-state index in [9.17, 15) is 14.4 Å². The highest BCUT2D eigenvalue weighted by Crippen LogP contribution is 2.35. The van der Waals surface area contributed by atoms with Crippen molar-refractivity contribution < 1.29 is 14.4 Å². The molecule has 1 unspecified atom stereocenters. The third kappa shape index (κ3) is 5.88. The Hall–Kier alpha value is -3.17. The van der Waals surface area contributed by atoms with Crippen LogP contribution in [0, 0.1) is 0 Å². The molecule has 2 aromatic rings. The zero-order valence-electron chi connectivity index (χ0n) is 20.3. The molecular formula is C27H28ClN5O3S. The standard InChI is InChI=1S/C27H28ClN5O3S/c28-20-12-6-4-8-17(20)15-29-24(35)16-37-27-31-21-13-7-5-11-19(21)25-32-26(36)22(33(25)27)14-23(34)30-18-9-2-1-3-10-18/h4-8,11-13,18,22H,1-3,9-10,14-16H2,(H,29,35)(H,30,34). The summed E-state index contributed by atoms with van der Waals surface area (Å²) in [4.78, 5) is 49.3. The number of halogens is 1. The molecule has 1 atom stereocenters. The number of fused-ring (bicyclic) bond motifs is 3. The molecule has 8 nitrogen and oxygen atoms in total. The Morgan fingerprint density at radius 2 is 1.76 bits per heavy atom. The number of para-hydroxylation sites is 1. The molecule has 2 heterocycles. The van der Waals surface area contributed by atoms with Crippen LogP contribution in [0.2, 0.25) is 5.02 Å². The van der Waals surface area contributed by atoms with Crippen molar-refractivity contribution in [3.05, 3.63) is 64.7 Å². The molecule has 0 spiro atoms. The van der Waals surface area contributed by atoms with Gasteiger partial charge in [0, 0.05) is 23.2 Å². The molecule has 10 heteroatoms. The van der Waals surface area contributed by atoms with E-state index in [0.29, 0.717) is 28.3 Å². The van der Waals surface area contributed by atoms with E-state index in [-0.39, 0.29) is 35.9 Å². The minimum atomic E-state index is -0.788. The zero-order valence-corrected chi connectivity index (χ0v) is 21.9. The van der Waals surface area contributed by atoms with Gasteiger partial charge >= 0.3 is 0 Å². The second-order valence-corrected chi connectivity index (χ2v) is 10.7. The first-order valence-electron chi connectivity index (χ1n) is 12.5. The molecular weight excluding hydrogens is 510 g/mol. The van der Waals surface area contributed by atoms with E-state index in [1.807, 2.05) is 42.5 Å². The number of nitrogens with zero attached hydrogens (tertiary/aromatic N) is 3. The lowest BCUT2D eigenvalue weighted by Gasteiger charge is -2.31. The normalized spacial score (nSPS) is 19.0. The summed E-state index contributed by atoms with van der Waals surface area (Å²) in [6.07, 6.45) is 5.33. The van der Waals surface area contributed by atoms with Gasteiger partial charge in [0.25, 0.3) is 5.91 Å². The summed E-state index contributed by atoms with van der Waals surface area (Å²) < 4.78 is 0. The smallest absolute Gasteiger partial charge is 0.271 e. The average Bonchev–Trinajstić information content (AvgIpc) is 3.23. The topological polar surface area (TPSA) is 103 Å². The van der Waals surface area contributed by atoms with E-state index < -0.39 is 6.04 Å². The number of nitrogens with one attached hydrogen (secondary N) is 2. The number of amidine groups is 2. The third-order valence-electron chi connectivity index (χ3n) is 6.72. The molecule has 1 aliphatic carbocycles. The van der Waals surface area contributed by atoms with Crippen molar-refractivity contribution in [3.8, 4) is 0 Å². The number of carbonyl (C=O) groups excluding carboxylic acids is 3. The summed E-state index contributed by atoms with van der Waals surface area (Å²) in [5.41, 5.74) is 2.24. The number of benzene rings is 2. The van der Waals surface area contributed by atoms with Gasteiger partial charge in [0.05, 0.1) is 17.9 Å². The molecule has 0 aromatic heterocycles. The van der Waals surface area contributed by atoms with Gasteiger partial charge in [0.1, 0.15) is 11.9 Å². The molecule has 1 fully saturated rings. The lowest BCUT2D eigenvalue weighted by molar-refractivity contribution is -0.127. The second kappa shape index (κ2) is 11.5. The van der Waals surface area contributed by atoms with Gasteiger partial charge in [-0.05, 0) is 36.6 Å². The van der Waals surface area contributed by atoms with Crippen LogP contribution in [0.5, 0.6) is 0 Å². The molecule has 1 saturated carbocycles. The lowest BCUT2D eigenvalue weighted by Crippen LogP contribution is -2.47. The van der Waals surface area contributed by atoms with Crippen molar-refractivity contribution in [2.24, 2.45) is 9.98 Å². The number of hydrogen-bond donors (Lipinski definition) is 2. The third-order valence-corrected chi connectivity index (χ3v) is 8.04. The van der Waals surface area contributed by atoms with E-state index in [2.05, 4.69) is 15.6 Å². The Bertz CT molecular complexity index is 1270. The number of carbonyl (C=O) groups is 3. The van der Waals surface area contributed by atoms with Crippen LogP contribution in [-0.2, 0) is 20.9 Å². The maximum absolute atomic E-state index is 13.0. The SMILES string of the molecule is O=C(CSC1=Nc2ccccc2C2=NC(=O)C(CC(=O)NC3CCCCC3)N12)NCc1ccccc1Cl. The average molecular weight is 538 g/mol. The van der Waals surface area contributed by atoms with Gasteiger partial charge in [-0.1, -0.05) is 73.0 Å². The van der Waals surface area contributed by atoms with Crippen molar-refractivity contribution in [2.45, 2.75) is 57.2 Å². The fourth-order valence-corrected chi connectivity index (χ4v) is 5.91. The molecule has 0 bridgehead atoms. The maximum Gasteiger partial charge on any atom is 0.271 e. The Morgan fingerprint density at radius 1 is 1.00 bits per heavy atom. The van der Waals surface area contributed by atoms with E-state index in [0.717, 1.165) is 36.8 Å². The molecule has 0 saturated heterocycles. The quantitative estimate of drug-likeness (QED) is 0.551. The molecule has 2 aromatic carbocycles. The first-order chi connectivity index (χ1) is 18.0. The van der Waals surface area contributed by atoms with Gasteiger partial charge < -0.3 is 10.6 Å². The van der Waals surface area contributed by atoms with Gasteiger partial charge in [-0.3, -0.25) is 19.3 Å². The van der Waals surface area contributed by atoms with Crippen molar-refractivity contribution in [2.75, 3.05) is 5.75 Å². The van der Waals surface area contributed by atoms with Crippen molar-refractivity contribution in [3.63, 3.8) is 0 Å². The van der Waals surface area contributed by atoms with Crippen LogP contribution in [-0.4, -0.2) is 51.5 Å². The van der Waals surface area contributed by atoms with Crippen molar-refractivity contribution >= 4 is 57.8 Å². The summed E-state index contributed by atoms with van der Waals surface area (Å²) >= 11 is 7.41. The zero-order chi connectivity index (χ0) is 25.8. The van der Waals surface area contributed by atoms with Gasteiger partial charge in [-0.25, -0.2) is 4.99 Å². The van der Waals surface area contributed by atoms with E-state index in [1.54, 1.807) is 11.0 Å². The number of hydrogen-bond acceptors (Lipinski definition) is 6. The second-order valence-electron chi connectivity index (χ2n) is 9.33. The van der Waals surface area contributed by atoms with Gasteiger partial charge in [0.2, 0.25) is 11.8 Å². The van der Waals surface area contributed by atoms with Crippen molar-refractivity contribution in [1.29, 1.82) is 0 Å². The fourth-order valence-electron chi connectivity index (χ4n) is 4.83. The Labute approximate surface area is 225 Å². The van der Waals surface area contributed by atoms with Crippen molar-refractivity contribution in [1.82, 2.24) is 15.5 Å². The van der Waals surface area contributed by atoms with E-state index in [4.69, 9.17) is 16.6 Å². The van der Waals surface area contributed by atoms with Crippen LogP contribution in [0.3, 0.4) is 0 Å². The van der Waals surface area contributed by atoms with E-state index in [1.165, 1.54) is 18.2 Å². The summed E-state index contributed by atoms with van der Waals surface area (Å²) in [5.74, 6) is -0.166. The van der Waals surface area contributed by atoms with Gasteiger partial charge in [-0.2, -0.15) is 4.99 Å². The first-order valence-corrected chi connectivity index (χ1v) is 13.9. The number of aliphatic imine (C=N–C) groups is 2. The fraction of sp³-hybridized carbons (Fsp3) is 0.370. The Kier molecular flexibility index (Phi) is 7.90. The molecule has 3 aliphatic rings. The molecule has 5 rings (SSSR count). The maximum atomic E-state index is 13.0. The summed E-state index contributed by atoms with van der Waals surface area (Å²) in [7, 11) is 0. The van der Waals surface area contributed by atoms with Crippen LogP contribution in [0.25, 0.3) is 0 Å². The van der Waals surface area contributed by atoms with Crippen LogP contribution in [0.15, 0.2) is 58.5 Å². The number of rotatable bonds is 7. The van der Waals surface area contributed by atoms with Crippen LogP contribution in [0.4, 0.5) is 5.69 Å². The highest BCUT2D eigenvalue weighted by atomic mass is 35.5. The van der Waals surface area contributed by atoms with Gasteiger partial charge in [0.15, 0.2) is 5.17 Å². The van der Waals surface area contributed by atoms with Crippen LogP contribution in [0.1, 0.15) is 49.7 Å². The predicted molar refractivity (Wildman–Crippen MR) is 146 cm³/mol. The van der Waals surface area contributed by atoms with Crippen LogP contribution < -0.4 is 10.6 Å². The monoisotopic (exact) mass is 537 g/mol. The molecule has 37 heavy (non-hydrogen) atoms. The highest BCUT2D eigenvalue weighted by Gasteiger charge is 2.43. The Morgan fingerprint density at radius 3 is 2.57 bits per heavy atom. The predicted octanol–water partition coefficient (Wildman–Crippen LogP) is 4.19. The lowest BCUT2D eigenvalue weighted by atomic mass is 9.95. The first kappa shape index (κ1) is 25.5. The van der Waals surface area contributed by atoms with Gasteiger partial charge in [-0.15, -0.1) is 0 Å². The highest BCUT2D eigenvalue weighted by molar-refractivity contribution is 8.14. The molecule has 3 amide bonds. The van der Waals surface area contributed by atoms with Crippen LogP contribution >= 0.6 is 23.4 Å². The molecule has 0 radical (unpaired) electrons. The molecule has 192 valence electrons. The number of thioether (sulfide) groups is 1. The number of amides is 3. The Balaban J connectivity index is 1.29. The summed E-state index contributed by atoms with van der Waals surface area (Å²) in [5, 5.41) is 7.04. The summed E-state index contributed by atoms with van der Waals surface area (Å²) in [6, 6.07) is 14.2. The largest absolute Gasteiger partial charge is 0.353 e.